The fourth-order valence-electron chi connectivity index (χ4n) is 0.630. The number of aliphatic hydroxyl groups is 4. The van der Waals surface area contributed by atoms with Gasteiger partial charge in [0.25, 0.3) is 5.97 Å². The second-order valence-corrected chi connectivity index (χ2v) is 2.87. The minimum Gasteiger partial charge on any atom is -0.481 e. The molecule has 0 saturated heterocycles. The molecule has 96 valence electrons. The number of hydrogen-bond acceptors (Lipinski definition) is 7. The summed E-state index contributed by atoms with van der Waals surface area (Å²) < 4.78 is 0. The van der Waals surface area contributed by atoms with Crippen molar-refractivity contribution in [3.8, 4) is 0 Å². The predicted molar refractivity (Wildman–Crippen MR) is 52.5 cm³/mol. The summed E-state index contributed by atoms with van der Waals surface area (Å²) >= 11 is 0. The summed E-state index contributed by atoms with van der Waals surface area (Å²) in [5.41, 5.74) is 4.89. The van der Waals surface area contributed by atoms with Gasteiger partial charge in [-0.3, -0.25) is 9.59 Å². The molecule has 0 fully saturated rings. The van der Waals surface area contributed by atoms with Crippen LogP contribution in [0.4, 0.5) is 0 Å². The SMILES string of the molecule is CC(=O)O.NCC(=O)[C@@H](O)[C@H](O)[C@H](O)CO. The number of rotatable bonds is 5. The van der Waals surface area contributed by atoms with E-state index >= 15 is 0 Å². The van der Waals surface area contributed by atoms with E-state index in [1.54, 1.807) is 0 Å². The molecule has 0 unspecified atom stereocenters. The van der Waals surface area contributed by atoms with E-state index in [2.05, 4.69) is 0 Å². The first-order chi connectivity index (χ1) is 7.27. The van der Waals surface area contributed by atoms with Crippen molar-refractivity contribution in [2.45, 2.75) is 25.2 Å². The van der Waals surface area contributed by atoms with E-state index in [4.69, 9.17) is 36.1 Å². The third-order valence-electron chi connectivity index (χ3n) is 1.44. The van der Waals surface area contributed by atoms with Crippen LogP contribution in [0.1, 0.15) is 6.92 Å². The van der Waals surface area contributed by atoms with E-state index in [-0.39, 0.29) is 0 Å². The van der Waals surface area contributed by atoms with Crippen LogP contribution in [0.3, 0.4) is 0 Å². The number of hydrogen-bond donors (Lipinski definition) is 6. The fraction of sp³-hybridized carbons (Fsp3) is 0.750. The van der Waals surface area contributed by atoms with Gasteiger partial charge in [0.1, 0.15) is 18.3 Å². The maximum atomic E-state index is 10.6. The van der Waals surface area contributed by atoms with Crippen LogP contribution in [0.15, 0.2) is 0 Å². The Hall–Kier alpha value is -1.06. The van der Waals surface area contributed by atoms with E-state index in [0.29, 0.717) is 0 Å². The van der Waals surface area contributed by atoms with Crippen molar-refractivity contribution in [2.75, 3.05) is 13.2 Å². The Morgan fingerprint density at radius 3 is 1.88 bits per heavy atom. The molecule has 0 bridgehead atoms. The molecule has 8 heteroatoms. The molecule has 0 aromatic rings. The molecule has 8 nitrogen and oxygen atoms in total. The van der Waals surface area contributed by atoms with Crippen molar-refractivity contribution in [3.05, 3.63) is 0 Å². The zero-order valence-electron chi connectivity index (χ0n) is 8.78. The predicted octanol–water partition coefficient (Wildman–Crippen LogP) is -3.32. The summed E-state index contributed by atoms with van der Waals surface area (Å²) in [7, 11) is 0. The minimum atomic E-state index is -1.74. The maximum Gasteiger partial charge on any atom is 0.300 e. The quantitative estimate of drug-likeness (QED) is 0.290. The van der Waals surface area contributed by atoms with Gasteiger partial charge in [-0.1, -0.05) is 0 Å². The Bertz CT molecular complexity index is 216. The summed E-state index contributed by atoms with van der Waals surface area (Å²) in [5.74, 6) is -1.62. The van der Waals surface area contributed by atoms with Crippen molar-refractivity contribution in [1.82, 2.24) is 0 Å². The second kappa shape index (κ2) is 9.19. The van der Waals surface area contributed by atoms with Crippen LogP contribution >= 0.6 is 0 Å². The van der Waals surface area contributed by atoms with Gasteiger partial charge in [-0.2, -0.15) is 0 Å². The zero-order chi connectivity index (χ0) is 13.3. The molecule has 0 saturated carbocycles. The lowest BCUT2D eigenvalue weighted by molar-refractivity contribution is -0.138. The van der Waals surface area contributed by atoms with Crippen LogP contribution in [0.25, 0.3) is 0 Å². The molecule has 0 aliphatic rings. The smallest absolute Gasteiger partial charge is 0.300 e. The Labute approximate surface area is 91.9 Å². The van der Waals surface area contributed by atoms with Gasteiger partial charge in [-0.15, -0.1) is 0 Å². The zero-order valence-corrected chi connectivity index (χ0v) is 8.78. The van der Waals surface area contributed by atoms with Crippen LogP contribution in [-0.2, 0) is 9.59 Å². The summed E-state index contributed by atoms with van der Waals surface area (Å²) in [6, 6.07) is 0. The first kappa shape index (κ1) is 17.3. The number of aliphatic carboxylic acids is 1. The lowest BCUT2D eigenvalue weighted by Crippen LogP contribution is -2.45. The average Bonchev–Trinajstić information content (AvgIpc) is 2.24. The highest BCUT2D eigenvalue weighted by Crippen LogP contribution is 2.00. The maximum absolute atomic E-state index is 10.6. The van der Waals surface area contributed by atoms with Crippen molar-refractivity contribution in [2.24, 2.45) is 5.73 Å². The summed E-state index contributed by atoms with van der Waals surface area (Å²) in [4.78, 5) is 19.6. The molecule has 3 atom stereocenters. The van der Waals surface area contributed by atoms with Gasteiger partial charge in [0.15, 0.2) is 5.78 Å². The monoisotopic (exact) mass is 239 g/mol. The summed E-state index contributed by atoms with van der Waals surface area (Å²) in [5, 5.41) is 42.4. The highest BCUT2D eigenvalue weighted by atomic mass is 16.4. The Morgan fingerprint density at radius 2 is 1.62 bits per heavy atom. The molecule has 7 N–H and O–H groups in total. The second-order valence-electron chi connectivity index (χ2n) is 2.87. The Kier molecular flexibility index (Phi) is 9.96. The summed E-state index contributed by atoms with van der Waals surface area (Å²) in [6.07, 6.45) is -4.96. The van der Waals surface area contributed by atoms with Crippen LogP contribution in [-0.4, -0.2) is 68.7 Å². The molecule has 0 spiro atoms. The molecule has 0 amide bonds. The largest absolute Gasteiger partial charge is 0.481 e. The molecule has 0 heterocycles. The number of nitrogens with two attached hydrogens (primary N) is 1. The molecule has 0 radical (unpaired) electrons. The van der Waals surface area contributed by atoms with E-state index in [1.807, 2.05) is 0 Å². The highest BCUT2D eigenvalue weighted by Gasteiger charge is 2.28. The first-order valence-electron chi connectivity index (χ1n) is 4.35. The first-order valence-corrected chi connectivity index (χ1v) is 4.35. The third-order valence-corrected chi connectivity index (χ3v) is 1.44. The number of carboxylic acids is 1. The number of carbonyl (C=O) groups is 2. The molecule has 0 aliphatic carbocycles. The topological polar surface area (TPSA) is 161 Å². The number of Topliss-reactive ketones (excluding diaryl/α,β-unsaturated/α-hetero) is 1. The lowest BCUT2D eigenvalue weighted by Gasteiger charge is -2.19. The highest BCUT2D eigenvalue weighted by molar-refractivity contribution is 5.85. The van der Waals surface area contributed by atoms with Gasteiger partial charge < -0.3 is 31.3 Å². The third kappa shape index (κ3) is 8.26. The number of carbonyl (C=O) groups excluding carboxylic acids is 1. The van der Waals surface area contributed by atoms with Gasteiger partial charge in [0, 0.05) is 6.92 Å². The fourth-order valence-corrected chi connectivity index (χ4v) is 0.630. The van der Waals surface area contributed by atoms with E-state index in [9.17, 15) is 4.79 Å². The Morgan fingerprint density at radius 1 is 1.25 bits per heavy atom. The number of ketones is 1. The normalized spacial score (nSPS) is 15.4. The molecule has 16 heavy (non-hydrogen) atoms. The molecule has 0 aliphatic heterocycles. The van der Waals surface area contributed by atoms with Crippen LogP contribution in [0, 0.1) is 0 Å². The van der Waals surface area contributed by atoms with Crippen LogP contribution < -0.4 is 5.73 Å². The van der Waals surface area contributed by atoms with Gasteiger partial charge in [-0.05, 0) is 0 Å². The van der Waals surface area contributed by atoms with Crippen molar-refractivity contribution in [1.29, 1.82) is 0 Å². The van der Waals surface area contributed by atoms with Crippen LogP contribution in [0.2, 0.25) is 0 Å². The molecule has 0 rings (SSSR count). The van der Waals surface area contributed by atoms with E-state index < -0.39 is 43.2 Å². The van der Waals surface area contributed by atoms with E-state index in [0.717, 1.165) is 6.92 Å². The van der Waals surface area contributed by atoms with Crippen molar-refractivity contribution in [3.63, 3.8) is 0 Å². The molecule has 0 aromatic heterocycles. The standard InChI is InChI=1S/C6H13NO5.C2H4O2/c7-1-3(9)5(11)6(12)4(10)2-8;1-2(3)4/h4-6,8,10-12H,1-2,7H2;1H3,(H,3,4)/t4-,5-,6-;/m1./s1. The van der Waals surface area contributed by atoms with Crippen molar-refractivity contribution >= 4 is 11.8 Å². The Balaban J connectivity index is 0. The van der Waals surface area contributed by atoms with E-state index in [1.165, 1.54) is 0 Å². The van der Waals surface area contributed by atoms with Gasteiger partial charge in [-0.25, -0.2) is 0 Å². The van der Waals surface area contributed by atoms with Crippen LogP contribution in [0.5, 0.6) is 0 Å². The number of carboxylic acid groups (broad SMARTS) is 1. The van der Waals surface area contributed by atoms with Gasteiger partial charge in [0.2, 0.25) is 0 Å². The van der Waals surface area contributed by atoms with Crippen molar-refractivity contribution < 1.29 is 35.1 Å². The molecular formula is C8H17NO7. The van der Waals surface area contributed by atoms with Gasteiger partial charge >= 0.3 is 0 Å². The summed E-state index contributed by atoms with van der Waals surface area (Å²) in [6.45, 7) is -0.0630. The molecular weight excluding hydrogens is 222 g/mol. The lowest BCUT2D eigenvalue weighted by atomic mass is 10.1. The minimum absolute atomic E-state index is 0.420. The average molecular weight is 239 g/mol. The molecule has 0 aromatic carbocycles. The van der Waals surface area contributed by atoms with Gasteiger partial charge in [0.05, 0.1) is 13.2 Å². The number of aliphatic hydroxyl groups excluding tert-OH is 4.